The molecule has 6 aromatic rings. The molecule has 2 N–H and O–H groups in total. The van der Waals surface area contributed by atoms with Crippen LogP contribution in [0.25, 0.3) is 56.0 Å². The number of pyridine rings is 3. The van der Waals surface area contributed by atoms with E-state index in [1.807, 2.05) is 49.3 Å². The van der Waals surface area contributed by atoms with E-state index in [-0.39, 0.29) is 5.82 Å². The number of aromatic nitrogens is 7. The summed E-state index contributed by atoms with van der Waals surface area (Å²) in [4.78, 5) is 23.1. The third-order valence-electron chi connectivity index (χ3n) is 5.76. The van der Waals surface area contributed by atoms with Gasteiger partial charge in [-0.2, -0.15) is 5.10 Å². The molecule has 0 spiro atoms. The van der Waals surface area contributed by atoms with E-state index in [9.17, 15) is 0 Å². The van der Waals surface area contributed by atoms with Crippen molar-refractivity contribution in [1.82, 2.24) is 35.1 Å². The summed E-state index contributed by atoms with van der Waals surface area (Å²) in [6.07, 6.45) is 6.85. The molecule has 0 saturated carbocycles. The first kappa shape index (κ1) is 20.0. The standard InChI is InChI=1S/C25H19FN8/c1-34(2)15-9-14(12-27-13-15)17-10-18-21(11-19(17)26)32-33-23(18)25-30-22-16(6-8-29-24(22)31-25)20-5-3-4-7-28-20/h3-13H,1-2H3,(H,32,33)(H,29,30,31). The van der Waals surface area contributed by atoms with Crippen molar-refractivity contribution in [3.63, 3.8) is 0 Å². The maximum absolute atomic E-state index is 15.0. The lowest BCUT2D eigenvalue weighted by molar-refractivity contribution is 0.632. The zero-order valence-corrected chi connectivity index (χ0v) is 18.4. The number of halogens is 1. The lowest BCUT2D eigenvalue weighted by Crippen LogP contribution is -2.08. The number of nitrogens with one attached hydrogen (secondary N) is 2. The molecule has 0 amide bonds. The summed E-state index contributed by atoms with van der Waals surface area (Å²) in [5, 5.41) is 8.09. The Morgan fingerprint density at radius 3 is 2.68 bits per heavy atom. The molecule has 34 heavy (non-hydrogen) atoms. The van der Waals surface area contributed by atoms with E-state index >= 15 is 4.39 Å². The number of nitrogens with zero attached hydrogens (tertiary/aromatic N) is 6. The zero-order chi connectivity index (χ0) is 23.2. The number of aromatic amines is 2. The van der Waals surface area contributed by atoms with Crippen LogP contribution < -0.4 is 4.90 Å². The molecule has 0 radical (unpaired) electrons. The number of anilines is 1. The monoisotopic (exact) mass is 450 g/mol. The predicted octanol–water partition coefficient (Wildman–Crippen LogP) is 4.83. The molecular weight excluding hydrogens is 431 g/mol. The first-order chi connectivity index (χ1) is 16.6. The van der Waals surface area contributed by atoms with Crippen molar-refractivity contribution in [3.8, 4) is 33.9 Å². The number of hydrogen-bond acceptors (Lipinski definition) is 6. The van der Waals surface area contributed by atoms with Gasteiger partial charge in [-0.25, -0.2) is 14.4 Å². The van der Waals surface area contributed by atoms with Crippen LogP contribution in [-0.4, -0.2) is 49.2 Å². The van der Waals surface area contributed by atoms with E-state index in [2.05, 4.69) is 35.1 Å². The Morgan fingerprint density at radius 1 is 0.941 bits per heavy atom. The Hall–Kier alpha value is -4.66. The van der Waals surface area contributed by atoms with Crippen LogP contribution in [0.3, 0.4) is 0 Å². The van der Waals surface area contributed by atoms with Crippen LogP contribution in [0.1, 0.15) is 0 Å². The van der Waals surface area contributed by atoms with Crippen LogP contribution in [-0.2, 0) is 0 Å². The van der Waals surface area contributed by atoms with Crippen LogP contribution >= 0.6 is 0 Å². The fourth-order valence-electron chi connectivity index (χ4n) is 4.02. The van der Waals surface area contributed by atoms with E-state index in [1.165, 1.54) is 6.07 Å². The lowest BCUT2D eigenvalue weighted by atomic mass is 10.0. The van der Waals surface area contributed by atoms with Gasteiger partial charge in [-0.3, -0.25) is 15.1 Å². The normalized spacial score (nSPS) is 11.4. The minimum atomic E-state index is -0.357. The summed E-state index contributed by atoms with van der Waals surface area (Å²) >= 11 is 0. The number of fused-ring (bicyclic) bond motifs is 2. The highest BCUT2D eigenvalue weighted by molar-refractivity contribution is 5.97. The third-order valence-corrected chi connectivity index (χ3v) is 5.76. The molecule has 0 saturated heterocycles. The molecule has 166 valence electrons. The summed E-state index contributed by atoms with van der Waals surface area (Å²) in [5.41, 5.74) is 6.18. The number of H-pyrrole nitrogens is 2. The quantitative estimate of drug-likeness (QED) is 0.399. The number of rotatable bonds is 4. The number of hydrogen-bond donors (Lipinski definition) is 2. The molecule has 0 aliphatic heterocycles. The largest absolute Gasteiger partial charge is 0.376 e. The molecule has 0 aliphatic carbocycles. The first-order valence-corrected chi connectivity index (χ1v) is 10.7. The van der Waals surface area contributed by atoms with E-state index < -0.39 is 0 Å². The Bertz CT molecular complexity index is 1650. The van der Waals surface area contributed by atoms with E-state index in [0.29, 0.717) is 33.8 Å². The minimum Gasteiger partial charge on any atom is -0.376 e. The van der Waals surface area contributed by atoms with Gasteiger partial charge in [-0.05, 0) is 30.3 Å². The van der Waals surface area contributed by atoms with E-state index in [4.69, 9.17) is 0 Å². The van der Waals surface area contributed by atoms with Crippen LogP contribution in [0.4, 0.5) is 10.1 Å². The van der Waals surface area contributed by atoms with E-state index in [0.717, 1.165) is 27.8 Å². The molecule has 1 aromatic carbocycles. The number of benzene rings is 1. The van der Waals surface area contributed by atoms with Gasteiger partial charge in [0, 0.05) is 60.8 Å². The molecule has 0 atom stereocenters. The average Bonchev–Trinajstić information content (AvgIpc) is 3.47. The van der Waals surface area contributed by atoms with Crippen LogP contribution in [0.2, 0.25) is 0 Å². The minimum absolute atomic E-state index is 0.357. The molecule has 5 heterocycles. The summed E-state index contributed by atoms with van der Waals surface area (Å²) in [6, 6.07) is 12.8. The van der Waals surface area contributed by atoms with Crippen molar-refractivity contribution in [3.05, 3.63) is 73.1 Å². The predicted molar refractivity (Wildman–Crippen MR) is 130 cm³/mol. The molecule has 0 fully saturated rings. The van der Waals surface area contributed by atoms with Crippen molar-refractivity contribution in [1.29, 1.82) is 0 Å². The van der Waals surface area contributed by atoms with Crippen LogP contribution in [0, 0.1) is 5.82 Å². The molecular formula is C25H19FN8. The summed E-state index contributed by atoms with van der Waals surface area (Å²) in [7, 11) is 3.84. The van der Waals surface area contributed by atoms with Crippen LogP contribution in [0.15, 0.2) is 67.3 Å². The van der Waals surface area contributed by atoms with Crippen molar-refractivity contribution < 1.29 is 4.39 Å². The molecule has 0 aliphatic rings. The highest BCUT2D eigenvalue weighted by Gasteiger charge is 2.18. The maximum atomic E-state index is 15.0. The van der Waals surface area contributed by atoms with Gasteiger partial charge in [0.25, 0.3) is 0 Å². The molecule has 9 heteroatoms. The van der Waals surface area contributed by atoms with Gasteiger partial charge in [-0.15, -0.1) is 0 Å². The van der Waals surface area contributed by atoms with Crippen molar-refractivity contribution in [2.24, 2.45) is 0 Å². The Kier molecular flexibility index (Phi) is 4.54. The lowest BCUT2D eigenvalue weighted by Gasteiger charge is -2.13. The van der Waals surface area contributed by atoms with Crippen LogP contribution in [0.5, 0.6) is 0 Å². The highest BCUT2D eigenvalue weighted by atomic mass is 19.1. The maximum Gasteiger partial charge on any atom is 0.178 e. The summed E-state index contributed by atoms with van der Waals surface area (Å²) in [5.74, 6) is 0.180. The fraction of sp³-hybridized carbons (Fsp3) is 0.0800. The van der Waals surface area contributed by atoms with Gasteiger partial charge in [0.15, 0.2) is 11.5 Å². The zero-order valence-electron chi connectivity index (χ0n) is 18.4. The topological polar surface area (TPSA) is 99.3 Å². The fourth-order valence-corrected chi connectivity index (χ4v) is 4.02. The van der Waals surface area contributed by atoms with Gasteiger partial charge >= 0.3 is 0 Å². The van der Waals surface area contributed by atoms with Crippen molar-refractivity contribution in [2.45, 2.75) is 0 Å². The molecule has 8 nitrogen and oxygen atoms in total. The Labute approximate surface area is 193 Å². The van der Waals surface area contributed by atoms with Gasteiger partial charge in [0.05, 0.1) is 28.6 Å². The molecule has 6 rings (SSSR count). The smallest absolute Gasteiger partial charge is 0.178 e. The van der Waals surface area contributed by atoms with Gasteiger partial charge < -0.3 is 9.88 Å². The average molecular weight is 450 g/mol. The van der Waals surface area contributed by atoms with Crippen molar-refractivity contribution >= 4 is 27.8 Å². The third kappa shape index (κ3) is 3.25. The van der Waals surface area contributed by atoms with Crippen molar-refractivity contribution in [2.75, 3.05) is 19.0 Å². The van der Waals surface area contributed by atoms with E-state index in [1.54, 1.807) is 30.9 Å². The first-order valence-electron chi connectivity index (χ1n) is 10.7. The summed E-state index contributed by atoms with van der Waals surface area (Å²) in [6.45, 7) is 0. The number of imidazole rings is 1. The SMILES string of the molecule is CN(C)c1cncc(-c2cc3c(-c4nc5nccc(-c6ccccn6)c5[nH]4)n[nH]c3cc2F)c1. The highest BCUT2D eigenvalue weighted by Crippen LogP contribution is 2.34. The van der Waals surface area contributed by atoms with Gasteiger partial charge in [-0.1, -0.05) is 6.07 Å². The van der Waals surface area contributed by atoms with Gasteiger partial charge in [0.2, 0.25) is 0 Å². The molecule has 0 unspecified atom stereocenters. The van der Waals surface area contributed by atoms with Gasteiger partial charge in [0.1, 0.15) is 11.5 Å². The molecule has 5 aromatic heterocycles. The Balaban J connectivity index is 1.51. The second-order valence-electron chi connectivity index (χ2n) is 8.13. The molecule has 0 bridgehead atoms. The second kappa shape index (κ2) is 7.73. The summed E-state index contributed by atoms with van der Waals surface area (Å²) < 4.78 is 15.0. The Morgan fingerprint density at radius 2 is 1.85 bits per heavy atom. The second-order valence-corrected chi connectivity index (χ2v) is 8.13.